The number of ether oxygens (including phenoxy) is 4. The second-order valence-corrected chi connectivity index (χ2v) is 20.8. The Kier molecular flexibility index (Phi) is 30.8. The van der Waals surface area contributed by atoms with Gasteiger partial charge in [-0.2, -0.15) is 0 Å². The van der Waals surface area contributed by atoms with Crippen LogP contribution in [-0.4, -0.2) is 244 Å². The van der Waals surface area contributed by atoms with E-state index in [4.69, 9.17) is 31.4 Å². The van der Waals surface area contributed by atoms with Gasteiger partial charge in [0.2, 0.25) is 59.1 Å². The number of amides is 10. The molecule has 34 nitrogen and oxygen atoms in total. The van der Waals surface area contributed by atoms with Crippen LogP contribution >= 0.6 is 0 Å². The molecule has 0 aromatic rings. The van der Waals surface area contributed by atoms with E-state index in [9.17, 15) is 88.5 Å². The van der Waals surface area contributed by atoms with Gasteiger partial charge < -0.3 is 120 Å². The molecule has 0 spiro atoms. The first-order valence-corrected chi connectivity index (χ1v) is 26.9. The van der Waals surface area contributed by atoms with Crippen LogP contribution in [0.3, 0.4) is 0 Å². The monoisotopic (exact) mass is 1190 g/mol. The summed E-state index contributed by atoms with van der Waals surface area (Å²) in [6, 6.07) is -14.7. The minimum Gasteiger partial charge on any atom is -0.467 e. The van der Waals surface area contributed by atoms with Gasteiger partial charge in [0, 0.05) is 20.3 Å². The number of aliphatic hydroxyl groups is 7. The molecule has 10 amide bonds. The molecule has 18 atom stereocenters. The molecule has 0 aromatic carbocycles. The van der Waals surface area contributed by atoms with Crippen molar-refractivity contribution >= 4 is 65.0 Å². The largest absolute Gasteiger partial charge is 0.467 e. The lowest BCUT2D eigenvalue weighted by Crippen LogP contribution is -2.71. The third-order valence-corrected chi connectivity index (χ3v) is 13.3. The fourth-order valence-electron chi connectivity index (χ4n) is 8.59. The summed E-state index contributed by atoms with van der Waals surface area (Å²) < 4.78 is 22.0. The van der Waals surface area contributed by atoms with Crippen molar-refractivity contribution in [2.75, 3.05) is 33.5 Å². The Balaban J connectivity index is 2.70. The van der Waals surface area contributed by atoms with Crippen molar-refractivity contribution < 1.29 is 107 Å². The summed E-state index contributed by atoms with van der Waals surface area (Å²) in [5.41, 5.74) is 17.1. The number of carbonyl (C=O) groups excluding carboxylic acids is 11. The first-order chi connectivity index (χ1) is 38.9. The zero-order valence-corrected chi connectivity index (χ0v) is 47.6. The number of nitrogens with one attached hydrogen (secondary N) is 9. The molecule has 2 heterocycles. The SMILES string of the molecule is COC(=O)[C@H](CO)NC(=O)[C@@H](NC(=O)[C@@H](NC(=O)[C@H](CC(=O)N[C@H]1O[C@@H](CO)[C@H](O[C@H]2O[C@@H](CO)[C@H](O)[C@@H](O)[C@@H]2NC(C)=O)[C@@H](O)[C@@H]1NC(C)=O)NC(=O)[C@H](CCCCN)NC(=O)[C@H](CCC(N)=O)NC(=O)[C@@H](N)C(C)C)C(C)C)[C@@H](C)O. The molecule has 474 valence electrons. The predicted molar refractivity (Wildman–Crippen MR) is 284 cm³/mol. The molecular weight excluding hydrogens is 1110 g/mol. The summed E-state index contributed by atoms with van der Waals surface area (Å²) in [6.07, 6.45) is -17.4. The van der Waals surface area contributed by atoms with E-state index in [1.807, 2.05) is 0 Å². The smallest absolute Gasteiger partial charge is 0.330 e. The maximum absolute atomic E-state index is 14.6. The molecule has 0 bridgehead atoms. The van der Waals surface area contributed by atoms with Gasteiger partial charge >= 0.3 is 5.97 Å². The Hall–Kier alpha value is -6.31. The minimum absolute atomic E-state index is 0.117. The molecule has 0 aromatic heterocycles. The number of methoxy groups -OCH3 is 1. The van der Waals surface area contributed by atoms with Gasteiger partial charge in [0.25, 0.3) is 0 Å². The highest BCUT2D eigenvalue weighted by Crippen LogP contribution is 2.29. The second-order valence-electron chi connectivity index (χ2n) is 20.8. The van der Waals surface area contributed by atoms with E-state index in [0.717, 1.165) is 27.9 Å². The fourth-order valence-corrected chi connectivity index (χ4v) is 8.59. The lowest BCUT2D eigenvalue weighted by molar-refractivity contribution is -0.315. The number of rotatable bonds is 33. The van der Waals surface area contributed by atoms with Crippen molar-refractivity contribution in [3.63, 3.8) is 0 Å². The fraction of sp³-hybridized carbons (Fsp3) is 0.776. The third kappa shape index (κ3) is 22.3. The molecule has 83 heavy (non-hydrogen) atoms. The Morgan fingerprint density at radius 3 is 1.61 bits per heavy atom. The molecular formula is C49H86N12O22. The Morgan fingerprint density at radius 2 is 1.11 bits per heavy atom. The summed E-state index contributed by atoms with van der Waals surface area (Å²) in [7, 11) is 0.974. The maximum atomic E-state index is 14.6. The molecule has 2 fully saturated rings. The minimum atomic E-state index is -2.06. The van der Waals surface area contributed by atoms with E-state index >= 15 is 0 Å². The molecule has 0 aliphatic carbocycles. The number of unbranched alkanes of at least 4 members (excludes halogenated alkanes) is 1. The van der Waals surface area contributed by atoms with Crippen molar-refractivity contribution in [1.82, 2.24) is 47.9 Å². The summed E-state index contributed by atoms with van der Waals surface area (Å²) >= 11 is 0. The van der Waals surface area contributed by atoms with Crippen LogP contribution in [0.25, 0.3) is 0 Å². The van der Waals surface area contributed by atoms with Gasteiger partial charge in [0.05, 0.1) is 45.5 Å². The predicted octanol–water partition coefficient (Wildman–Crippen LogP) is -10.1. The van der Waals surface area contributed by atoms with Crippen LogP contribution in [0.4, 0.5) is 0 Å². The number of hydrogen-bond acceptors (Lipinski definition) is 24. The van der Waals surface area contributed by atoms with Crippen molar-refractivity contribution in [3.05, 3.63) is 0 Å². The first-order valence-electron chi connectivity index (χ1n) is 26.9. The highest BCUT2D eigenvalue weighted by Gasteiger charge is 2.52. The lowest BCUT2D eigenvalue weighted by atomic mass is 9.94. The third-order valence-electron chi connectivity index (χ3n) is 13.3. The Morgan fingerprint density at radius 1 is 0.590 bits per heavy atom. The number of primary amides is 1. The van der Waals surface area contributed by atoms with Gasteiger partial charge in [0.15, 0.2) is 18.6 Å². The van der Waals surface area contributed by atoms with Gasteiger partial charge in [-0.05, 0) is 51.0 Å². The number of aliphatic hydroxyl groups excluding tert-OH is 7. The van der Waals surface area contributed by atoms with Gasteiger partial charge in [-0.1, -0.05) is 27.7 Å². The normalized spacial score (nSPS) is 25.3. The summed E-state index contributed by atoms with van der Waals surface area (Å²) in [4.78, 5) is 146. The van der Waals surface area contributed by atoms with E-state index in [1.54, 1.807) is 13.8 Å². The topological polar surface area (TPSA) is 553 Å². The molecule has 0 unspecified atom stereocenters. The summed E-state index contributed by atoms with van der Waals surface area (Å²) in [5.74, 6) is -12.5. The van der Waals surface area contributed by atoms with Crippen molar-refractivity contribution in [1.29, 1.82) is 0 Å². The van der Waals surface area contributed by atoms with Crippen LogP contribution in [-0.2, 0) is 71.7 Å². The zero-order valence-electron chi connectivity index (χ0n) is 47.6. The summed E-state index contributed by atoms with van der Waals surface area (Å²) in [6.45, 7) is 6.62. The van der Waals surface area contributed by atoms with Gasteiger partial charge in [-0.3, -0.25) is 47.9 Å². The number of hydrogen-bond donors (Lipinski definition) is 19. The summed E-state index contributed by atoms with van der Waals surface area (Å²) in [5, 5.41) is 95.0. The van der Waals surface area contributed by atoms with Gasteiger partial charge in [-0.15, -0.1) is 0 Å². The highest BCUT2D eigenvalue weighted by atomic mass is 16.7. The molecule has 34 heteroatoms. The van der Waals surface area contributed by atoms with Crippen LogP contribution < -0.4 is 65.1 Å². The highest BCUT2D eigenvalue weighted by molar-refractivity contribution is 5.99. The van der Waals surface area contributed by atoms with Crippen LogP contribution in [0, 0.1) is 11.8 Å². The number of esters is 1. The van der Waals surface area contributed by atoms with Crippen molar-refractivity contribution in [2.24, 2.45) is 29.0 Å². The number of carbonyl (C=O) groups is 11. The average molecular weight is 1200 g/mol. The van der Waals surface area contributed by atoms with E-state index in [1.165, 1.54) is 13.8 Å². The number of nitrogens with two attached hydrogens (primary N) is 3. The van der Waals surface area contributed by atoms with E-state index < -0.39 is 219 Å². The second kappa shape index (κ2) is 35.1. The van der Waals surface area contributed by atoms with E-state index in [0.29, 0.717) is 0 Å². The first kappa shape index (κ1) is 72.8. The molecule has 0 saturated carbocycles. The molecule has 2 aliphatic rings. The lowest BCUT2D eigenvalue weighted by Gasteiger charge is -2.48. The van der Waals surface area contributed by atoms with Crippen molar-refractivity contribution in [2.45, 2.75) is 197 Å². The Bertz CT molecular complexity index is 2210. The van der Waals surface area contributed by atoms with Crippen LogP contribution in [0.2, 0.25) is 0 Å². The quantitative estimate of drug-likeness (QED) is 0.0214. The van der Waals surface area contributed by atoms with Crippen LogP contribution in [0.15, 0.2) is 0 Å². The molecule has 2 saturated heterocycles. The maximum Gasteiger partial charge on any atom is 0.330 e. The van der Waals surface area contributed by atoms with E-state index in [2.05, 4.69) is 52.6 Å². The van der Waals surface area contributed by atoms with Crippen LogP contribution in [0.1, 0.15) is 87.0 Å². The molecule has 2 rings (SSSR count). The molecule has 22 N–H and O–H groups in total. The van der Waals surface area contributed by atoms with E-state index in [-0.39, 0.29) is 32.2 Å². The molecule has 2 aliphatic heterocycles. The van der Waals surface area contributed by atoms with Crippen LogP contribution in [0.5, 0.6) is 0 Å². The average Bonchev–Trinajstić information content (AvgIpc) is 3.41. The van der Waals surface area contributed by atoms with Gasteiger partial charge in [-0.25, -0.2) is 4.79 Å². The Labute approximate surface area is 478 Å². The molecule has 0 radical (unpaired) electrons. The van der Waals surface area contributed by atoms with Gasteiger partial charge in [0.1, 0.15) is 78.9 Å². The zero-order chi connectivity index (χ0) is 63.2. The standard InChI is InChI=1S/C49H86N12O22/c1-19(2)32(52)44(76)56-25(12-13-30(51)68)42(74)55-24(11-9-10-14-50)41(73)57-26(43(75)60-33(20(3)4)45(77)61-34(21(5)65)46(78)58-27(16-62)48(79)80-8)15-31(69)59-47-35(53-22(6)66)39(72)40(29(18-64)81-47)83-49-36(54-23(7)67)38(71)37(70)28(17-63)82-49/h19-21,24-29,32-40,47,49,62-65,70-72H,9-18,50,52H2,1-8H3,(H2,51,68)(H,53,66)(H,54,67)(H,55,74)(H,56,76)(H,57,73)(H,58,78)(H,59,69)(H,60,75)(H,61,77)/t21-,24+,25+,26+,27+,28+,29+,32+,33+,34+,35+,36+,37+,38+,39+,40+,47+,49-/m1/s1. The van der Waals surface area contributed by atoms with Crippen molar-refractivity contribution in [3.8, 4) is 0 Å².